The van der Waals surface area contributed by atoms with E-state index in [4.69, 9.17) is 0 Å². The Morgan fingerprint density at radius 1 is 1.00 bits per heavy atom. The summed E-state index contributed by atoms with van der Waals surface area (Å²) in [4.78, 5) is 25.6. The normalized spacial score (nSPS) is 13.5. The number of amides is 2. The molecule has 0 bridgehead atoms. The van der Waals surface area contributed by atoms with Gasteiger partial charge in [0, 0.05) is 26.2 Å². The van der Waals surface area contributed by atoms with Gasteiger partial charge in [0.1, 0.15) is 6.04 Å². The van der Waals surface area contributed by atoms with Gasteiger partial charge in [0.15, 0.2) is 0 Å². The lowest BCUT2D eigenvalue weighted by Crippen LogP contribution is -2.50. The van der Waals surface area contributed by atoms with Crippen LogP contribution in [0.5, 0.6) is 0 Å². The van der Waals surface area contributed by atoms with Crippen LogP contribution < -0.4 is 10.6 Å². The molecular weight excluding hydrogens is 402 g/mol. The average Bonchev–Trinajstić information content (AvgIpc) is 2.75. The van der Waals surface area contributed by atoms with Crippen molar-refractivity contribution in [3.8, 4) is 0 Å². The van der Waals surface area contributed by atoms with Crippen LogP contribution in [0.4, 0.5) is 0 Å². The summed E-state index contributed by atoms with van der Waals surface area (Å²) in [7, 11) is -0.717. The molecule has 2 aromatic carbocycles. The van der Waals surface area contributed by atoms with Gasteiger partial charge in [-0.05, 0) is 29.7 Å². The van der Waals surface area contributed by atoms with E-state index >= 15 is 0 Å². The summed E-state index contributed by atoms with van der Waals surface area (Å²) < 4.78 is 26.2. The Kier molecular flexibility index (Phi) is 8.14. The maximum atomic E-state index is 12.9. The Morgan fingerprint density at radius 3 is 2.20 bits per heavy atom. The van der Waals surface area contributed by atoms with E-state index in [1.165, 1.54) is 20.2 Å². The maximum absolute atomic E-state index is 12.9. The molecule has 2 N–H and O–H groups in total. The molecule has 0 saturated carbocycles. The van der Waals surface area contributed by atoms with Crippen LogP contribution in [0.15, 0.2) is 59.5 Å². The van der Waals surface area contributed by atoms with E-state index in [1.54, 1.807) is 42.5 Å². The van der Waals surface area contributed by atoms with Crippen molar-refractivity contribution in [2.24, 2.45) is 5.92 Å². The van der Waals surface area contributed by atoms with Gasteiger partial charge in [-0.3, -0.25) is 9.59 Å². The van der Waals surface area contributed by atoms with Crippen molar-refractivity contribution in [1.82, 2.24) is 14.9 Å². The van der Waals surface area contributed by atoms with Gasteiger partial charge in [0.2, 0.25) is 15.9 Å². The lowest BCUT2D eigenvalue weighted by molar-refractivity contribution is -0.124. The topological polar surface area (TPSA) is 95.6 Å². The van der Waals surface area contributed by atoms with Crippen LogP contribution in [0.1, 0.15) is 36.2 Å². The van der Waals surface area contributed by atoms with Gasteiger partial charge >= 0.3 is 0 Å². The molecular formula is C22H29N3O4S. The van der Waals surface area contributed by atoms with Gasteiger partial charge in [0.25, 0.3) is 5.91 Å². The Bertz CT molecular complexity index is 975. The lowest BCUT2D eigenvalue weighted by Gasteiger charge is -2.24. The maximum Gasteiger partial charge on any atom is 0.251 e. The Hall–Kier alpha value is -2.71. The van der Waals surface area contributed by atoms with Crippen molar-refractivity contribution in [2.45, 2.75) is 37.8 Å². The van der Waals surface area contributed by atoms with Crippen molar-refractivity contribution < 1.29 is 18.0 Å². The molecule has 0 saturated heterocycles. The molecule has 2 unspecified atom stereocenters. The predicted octanol–water partition coefficient (Wildman–Crippen LogP) is 2.40. The van der Waals surface area contributed by atoms with Crippen molar-refractivity contribution in [3.63, 3.8) is 0 Å². The average molecular weight is 432 g/mol. The molecule has 0 heterocycles. The summed E-state index contributed by atoms with van der Waals surface area (Å²) in [5.41, 5.74) is 0.956. The number of rotatable bonds is 9. The second-order valence-electron chi connectivity index (χ2n) is 7.32. The molecule has 2 atom stereocenters. The molecule has 0 fully saturated rings. The summed E-state index contributed by atoms with van der Waals surface area (Å²) in [6.45, 7) is 3.87. The number of nitrogens with one attached hydrogen (secondary N) is 2. The number of hydrogen-bond donors (Lipinski definition) is 2. The molecule has 2 aromatic rings. The second kappa shape index (κ2) is 10.4. The van der Waals surface area contributed by atoms with E-state index in [2.05, 4.69) is 10.6 Å². The molecule has 7 nitrogen and oxygen atoms in total. The highest BCUT2D eigenvalue weighted by atomic mass is 32.2. The Balaban J connectivity index is 2.17. The highest BCUT2D eigenvalue weighted by Gasteiger charge is 2.27. The molecule has 0 aliphatic heterocycles. The molecule has 30 heavy (non-hydrogen) atoms. The third kappa shape index (κ3) is 5.67. The highest BCUT2D eigenvalue weighted by Crippen LogP contribution is 2.18. The SMILES string of the molecule is CCC(C)C(NC(=O)c1ccccc1)C(=O)NCc1ccccc1S(=O)(=O)N(C)C. The first-order chi connectivity index (χ1) is 14.2. The highest BCUT2D eigenvalue weighted by molar-refractivity contribution is 7.89. The minimum Gasteiger partial charge on any atom is -0.350 e. The molecule has 0 aliphatic rings. The van der Waals surface area contributed by atoms with E-state index in [0.29, 0.717) is 17.5 Å². The summed E-state index contributed by atoms with van der Waals surface area (Å²) >= 11 is 0. The quantitative estimate of drug-likeness (QED) is 0.637. The van der Waals surface area contributed by atoms with Crippen molar-refractivity contribution >= 4 is 21.8 Å². The van der Waals surface area contributed by atoms with Gasteiger partial charge < -0.3 is 10.6 Å². The Labute approximate surface area is 178 Å². The molecule has 162 valence electrons. The van der Waals surface area contributed by atoms with E-state index < -0.39 is 16.1 Å². The minimum atomic E-state index is -3.64. The third-order valence-corrected chi connectivity index (χ3v) is 6.92. The second-order valence-corrected chi connectivity index (χ2v) is 9.44. The number of carbonyl (C=O) groups excluding carboxylic acids is 2. The first-order valence-corrected chi connectivity index (χ1v) is 11.3. The van der Waals surface area contributed by atoms with Crippen molar-refractivity contribution in [1.29, 1.82) is 0 Å². The fourth-order valence-corrected chi connectivity index (χ4v) is 4.02. The number of nitrogens with zero attached hydrogens (tertiary/aromatic N) is 1. The summed E-state index contributed by atoms with van der Waals surface area (Å²) in [5, 5.41) is 5.59. The van der Waals surface area contributed by atoms with E-state index in [9.17, 15) is 18.0 Å². The number of benzene rings is 2. The molecule has 2 rings (SSSR count). The predicted molar refractivity (Wildman–Crippen MR) is 116 cm³/mol. The standard InChI is InChI=1S/C22H29N3O4S/c1-5-16(2)20(24-21(26)17-11-7-6-8-12-17)22(27)23-15-18-13-9-10-14-19(18)30(28,29)25(3)4/h6-14,16,20H,5,15H2,1-4H3,(H,23,27)(H,24,26). The van der Waals surface area contributed by atoms with E-state index in [1.807, 2.05) is 19.9 Å². The number of hydrogen-bond acceptors (Lipinski definition) is 4. The van der Waals surface area contributed by atoms with Crippen molar-refractivity contribution in [2.75, 3.05) is 14.1 Å². The first kappa shape index (κ1) is 23.6. The van der Waals surface area contributed by atoms with Crippen LogP contribution in [0, 0.1) is 5.92 Å². The Morgan fingerprint density at radius 2 is 1.60 bits per heavy atom. The smallest absolute Gasteiger partial charge is 0.251 e. The zero-order valence-electron chi connectivity index (χ0n) is 17.8. The summed E-state index contributed by atoms with van der Waals surface area (Å²) in [6.07, 6.45) is 0.693. The van der Waals surface area contributed by atoms with Crippen LogP contribution in [0.25, 0.3) is 0 Å². The third-order valence-electron chi connectivity index (χ3n) is 5.00. The summed E-state index contributed by atoms with van der Waals surface area (Å²) in [5.74, 6) is -0.782. The van der Waals surface area contributed by atoms with E-state index in [0.717, 1.165) is 4.31 Å². The van der Waals surface area contributed by atoms with Crippen LogP contribution in [-0.2, 0) is 21.4 Å². The van der Waals surface area contributed by atoms with Gasteiger partial charge in [0.05, 0.1) is 4.90 Å². The fourth-order valence-electron chi connectivity index (χ4n) is 2.91. The first-order valence-electron chi connectivity index (χ1n) is 9.82. The monoisotopic (exact) mass is 431 g/mol. The van der Waals surface area contributed by atoms with Gasteiger partial charge in [-0.2, -0.15) is 0 Å². The zero-order chi connectivity index (χ0) is 22.3. The lowest BCUT2D eigenvalue weighted by atomic mass is 9.97. The van der Waals surface area contributed by atoms with Crippen LogP contribution in [-0.4, -0.2) is 44.7 Å². The van der Waals surface area contributed by atoms with Gasteiger partial charge in [-0.25, -0.2) is 12.7 Å². The summed E-state index contributed by atoms with van der Waals surface area (Å²) in [6, 6.07) is 14.5. The molecule has 2 amide bonds. The van der Waals surface area contributed by atoms with Crippen LogP contribution in [0.3, 0.4) is 0 Å². The molecule has 0 radical (unpaired) electrons. The van der Waals surface area contributed by atoms with Gasteiger partial charge in [-0.1, -0.05) is 56.7 Å². The zero-order valence-corrected chi connectivity index (χ0v) is 18.6. The molecule has 0 aromatic heterocycles. The number of carbonyl (C=O) groups is 2. The van der Waals surface area contributed by atoms with Crippen molar-refractivity contribution in [3.05, 3.63) is 65.7 Å². The minimum absolute atomic E-state index is 0.0379. The van der Waals surface area contributed by atoms with Crippen LogP contribution in [0.2, 0.25) is 0 Å². The molecule has 0 aliphatic carbocycles. The molecule has 8 heteroatoms. The van der Waals surface area contributed by atoms with Crippen LogP contribution >= 0.6 is 0 Å². The molecule has 0 spiro atoms. The van der Waals surface area contributed by atoms with E-state index in [-0.39, 0.29) is 29.2 Å². The largest absolute Gasteiger partial charge is 0.350 e. The fraction of sp³-hybridized carbons (Fsp3) is 0.364. The number of sulfonamides is 1. The van der Waals surface area contributed by atoms with Gasteiger partial charge in [-0.15, -0.1) is 0 Å².